The highest BCUT2D eigenvalue weighted by molar-refractivity contribution is 6.03. The number of carboxylic acid groups (broad SMARTS) is 1. The number of hydrogen-bond acceptors (Lipinski definition) is 4. The fourth-order valence-corrected chi connectivity index (χ4v) is 3.23. The molecule has 0 saturated carbocycles. The molecule has 0 atom stereocenters. The van der Waals surface area contributed by atoms with Gasteiger partial charge in [-0.1, -0.05) is 6.07 Å². The summed E-state index contributed by atoms with van der Waals surface area (Å²) < 4.78 is 5.82. The minimum Gasteiger partial charge on any atom is -0.508 e. The van der Waals surface area contributed by atoms with Crippen LogP contribution < -0.4 is 5.43 Å². The van der Waals surface area contributed by atoms with Gasteiger partial charge in [0.2, 0.25) is 0 Å². The zero-order chi connectivity index (χ0) is 18.4. The Morgan fingerprint density at radius 3 is 2.46 bits per heavy atom. The summed E-state index contributed by atoms with van der Waals surface area (Å²) >= 11 is 0. The Balaban J connectivity index is 2.13. The van der Waals surface area contributed by atoms with Gasteiger partial charge in [-0.15, -0.1) is 0 Å². The minimum atomic E-state index is -0.988. The van der Waals surface area contributed by atoms with Crippen LogP contribution in [0.15, 0.2) is 63.8 Å². The van der Waals surface area contributed by atoms with Crippen LogP contribution in [0.1, 0.15) is 15.9 Å². The molecule has 128 valence electrons. The van der Waals surface area contributed by atoms with Gasteiger partial charge in [-0.3, -0.25) is 4.79 Å². The predicted octanol–water partition coefficient (Wildman–Crippen LogP) is 4.28. The molecule has 0 unspecified atom stereocenters. The van der Waals surface area contributed by atoms with Gasteiger partial charge in [0.25, 0.3) is 0 Å². The van der Waals surface area contributed by atoms with Crippen molar-refractivity contribution in [2.75, 3.05) is 0 Å². The number of benzene rings is 3. The van der Waals surface area contributed by atoms with Crippen molar-refractivity contribution in [3.05, 3.63) is 75.9 Å². The van der Waals surface area contributed by atoms with Crippen LogP contribution in [0.25, 0.3) is 33.4 Å². The molecule has 0 amide bonds. The van der Waals surface area contributed by atoms with Gasteiger partial charge in [0.15, 0.2) is 5.43 Å². The minimum absolute atomic E-state index is 0.0581. The third-order valence-corrected chi connectivity index (χ3v) is 4.42. The zero-order valence-corrected chi connectivity index (χ0v) is 13.8. The van der Waals surface area contributed by atoms with Crippen molar-refractivity contribution >= 4 is 16.9 Å². The van der Waals surface area contributed by atoms with Crippen molar-refractivity contribution in [1.29, 1.82) is 0 Å². The van der Waals surface area contributed by atoms with E-state index in [1.807, 2.05) is 6.92 Å². The molecule has 2 aromatic carbocycles. The summed E-state index contributed by atoms with van der Waals surface area (Å²) in [5, 5.41) is 19.7. The van der Waals surface area contributed by atoms with Crippen molar-refractivity contribution in [2.45, 2.75) is 6.92 Å². The van der Waals surface area contributed by atoms with Gasteiger partial charge in [0.1, 0.15) is 17.1 Å². The number of carbonyl (C=O) groups is 1. The molecule has 5 nitrogen and oxygen atoms in total. The van der Waals surface area contributed by atoms with Gasteiger partial charge in [0.05, 0.1) is 5.56 Å². The number of hydrogen-bond donors (Lipinski definition) is 2. The van der Waals surface area contributed by atoms with Gasteiger partial charge in [-0.25, -0.2) is 4.79 Å². The second-order valence-electron chi connectivity index (χ2n) is 6.15. The molecule has 0 saturated heterocycles. The Hall–Kier alpha value is -3.60. The molecule has 2 N–H and O–H groups in total. The Kier molecular flexibility index (Phi) is 3.51. The van der Waals surface area contributed by atoms with Gasteiger partial charge in [-0.2, -0.15) is 0 Å². The normalized spacial score (nSPS) is 11.1. The van der Waals surface area contributed by atoms with E-state index in [1.54, 1.807) is 36.4 Å². The van der Waals surface area contributed by atoms with E-state index in [4.69, 9.17) is 4.42 Å². The molecule has 1 heterocycles. The monoisotopic (exact) mass is 346 g/mol. The number of aromatic carboxylic acids is 1. The molecule has 0 bridgehead atoms. The van der Waals surface area contributed by atoms with Gasteiger partial charge < -0.3 is 14.6 Å². The molecule has 1 aliphatic heterocycles. The first-order valence-electron chi connectivity index (χ1n) is 7.98. The first kappa shape index (κ1) is 15.9. The largest absolute Gasteiger partial charge is 0.508 e. The topological polar surface area (TPSA) is 87.7 Å². The Bertz CT molecular complexity index is 1200. The third-order valence-electron chi connectivity index (χ3n) is 4.42. The number of phenolic OH excluding ortho intramolecular Hbond substituents is 1. The number of aryl methyl sites for hydroxylation is 1. The number of carboxylic acids is 1. The van der Waals surface area contributed by atoms with Crippen molar-refractivity contribution in [1.82, 2.24) is 0 Å². The Labute approximate surface area is 148 Å². The first-order valence-corrected chi connectivity index (χ1v) is 7.98. The smallest absolute Gasteiger partial charge is 0.335 e. The fourth-order valence-electron chi connectivity index (χ4n) is 3.23. The molecular weight excluding hydrogens is 332 g/mol. The third kappa shape index (κ3) is 2.50. The lowest BCUT2D eigenvalue weighted by Gasteiger charge is -2.17. The predicted molar refractivity (Wildman–Crippen MR) is 97.9 cm³/mol. The zero-order valence-electron chi connectivity index (χ0n) is 13.8. The van der Waals surface area contributed by atoms with Crippen molar-refractivity contribution in [3.63, 3.8) is 0 Å². The Morgan fingerprint density at radius 1 is 0.962 bits per heavy atom. The fraction of sp³-hybridized carbons (Fsp3) is 0.0476. The highest BCUT2D eigenvalue weighted by Crippen LogP contribution is 2.41. The molecule has 0 spiro atoms. The first-order chi connectivity index (χ1) is 12.4. The van der Waals surface area contributed by atoms with E-state index >= 15 is 0 Å². The van der Waals surface area contributed by atoms with Crippen LogP contribution in [0.3, 0.4) is 0 Å². The maximum Gasteiger partial charge on any atom is 0.335 e. The lowest BCUT2D eigenvalue weighted by atomic mass is 9.90. The molecular formula is C21H14O5. The molecule has 0 fully saturated rings. The van der Waals surface area contributed by atoms with Crippen molar-refractivity contribution in [3.8, 4) is 28.2 Å². The Morgan fingerprint density at radius 2 is 1.73 bits per heavy atom. The van der Waals surface area contributed by atoms with Crippen LogP contribution in [0.4, 0.5) is 0 Å². The second-order valence-corrected chi connectivity index (χ2v) is 6.15. The quantitative estimate of drug-likeness (QED) is 0.529. The molecule has 2 aromatic rings. The molecule has 1 aliphatic carbocycles. The summed E-state index contributed by atoms with van der Waals surface area (Å²) in [6, 6.07) is 14.3. The highest BCUT2D eigenvalue weighted by Gasteiger charge is 2.19. The second kappa shape index (κ2) is 5.74. The van der Waals surface area contributed by atoms with Gasteiger partial charge in [-0.05, 0) is 54.4 Å². The van der Waals surface area contributed by atoms with E-state index in [9.17, 15) is 19.8 Å². The molecule has 5 heteroatoms. The number of phenols is 1. The SMILES string of the molecule is Cc1cc(C(=O)O)ccc1-c1c2ccc(=O)cc-2oc2cc(O)ccc12. The van der Waals surface area contributed by atoms with Crippen LogP contribution in [0, 0.1) is 6.92 Å². The van der Waals surface area contributed by atoms with E-state index in [2.05, 4.69) is 0 Å². The van der Waals surface area contributed by atoms with Crippen molar-refractivity contribution < 1.29 is 19.4 Å². The van der Waals surface area contributed by atoms with E-state index in [0.29, 0.717) is 11.3 Å². The molecule has 0 radical (unpaired) electrons. The maximum absolute atomic E-state index is 11.7. The molecule has 4 rings (SSSR count). The molecule has 0 aromatic heterocycles. The number of aromatic hydroxyl groups is 1. The molecule has 2 aliphatic rings. The number of rotatable bonds is 2. The summed E-state index contributed by atoms with van der Waals surface area (Å²) in [6.07, 6.45) is 0. The maximum atomic E-state index is 11.7. The van der Waals surface area contributed by atoms with Crippen LogP contribution in [0.2, 0.25) is 0 Å². The van der Waals surface area contributed by atoms with Crippen molar-refractivity contribution in [2.24, 2.45) is 0 Å². The van der Waals surface area contributed by atoms with E-state index in [1.165, 1.54) is 18.2 Å². The number of fused-ring (bicyclic) bond motifs is 2. The lowest BCUT2D eigenvalue weighted by Crippen LogP contribution is -2.01. The molecule has 26 heavy (non-hydrogen) atoms. The highest BCUT2D eigenvalue weighted by atomic mass is 16.4. The van der Waals surface area contributed by atoms with Gasteiger partial charge >= 0.3 is 5.97 Å². The van der Waals surface area contributed by atoms with E-state index in [-0.39, 0.29) is 16.7 Å². The van der Waals surface area contributed by atoms with Gasteiger partial charge in [0, 0.05) is 28.6 Å². The summed E-state index contributed by atoms with van der Waals surface area (Å²) in [6.45, 7) is 1.84. The van der Waals surface area contributed by atoms with E-state index in [0.717, 1.165) is 27.6 Å². The average Bonchev–Trinajstić information content (AvgIpc) is 2.59. The summed E-state index contributed by atoms with van der Waals surface area (Å²) in [5.74, 6) is -0.520. The lowest BCUT2D eigenvalue weighted by molar-refractivity contribution is 0.0697. The van der Waals surface area contributed by atoms with Crippen LogP contribution in [-0.2, 0) is 0 Å². The van der Waals surface area contributed by atoms with Crippen LogP contribution in [0.5, 0.6) is 5.75 Å². The van der Waals surface area contributed by atoms with Crippen LogP contribution in [-0.4, -0.2) is 16.2 Å². The summed E-state index contributed by atoms with van der Waals surface area (Å²) in [5.41, 5.74) is 3.68. The average molecular weight is 346 g/mol. The summed E-state index contributed by atoms with van der Waals surface area (Å²) in [7, 11) is 0. The standard InChI is InChI=1S/C21H14O5/c1-11-8-12(21(24)25)2-5-15(11)20-16-6-3-13(22)9-18(16)26-19-10-14(23)4-7-17(19)20/h2-10,22H,1H3,(H,24,25). The van der Waals surface area contributed by atoms with E-state index < -0.39 is 5.97 Å². The van der Waals surface area contributed by atoms with Crippen LogP contribution >= 0.6 is 0 Å². The summed E-state index contributed by atoms with van der Waals surface area (Å²) in [4.78, 5) is 23.0.